The summed E-state index contributed by atoms with van der Waals surface area (Å²) in [7, 11) is 1.43. The van der Waals surface area contributed by atoms with E-state index in [-0.39, 0.29) is 37.0 Å². The Balaban J connectivity index is 1.88. The molecule has 1 amide bonds. The Morgan fingerprint density at radius 1 is 1.15 bits per heavy atom. The summed E-state index contributed by atoms with van der Waals surface area (Å²) in [5, 5.41) is 0.490. The van der Waals surface area contributed by atoms with Crippen molar-refractivity contribution in [2.75, 3.05) is 13.7 Å². The number of rotatable bonds is 6. The first-order chi connectivity index (χ1) is 12.6. The van der Waals surface area contributed by atoms with Gasteiger partial charge in [-0.05, 0) is 29.8 Å². The highest BCUT2D eigenvalue weighted by molar-refractivity contribution is 5.78. The lowest BCUT2D eigenvalue weighted by atomic mass is 10.2. The molecule has 0 atom stereocenters. The van der Waals surface area contributed by atoms with Crippen molar-refractivity contribution >= 4 is 16.8 Å². The molecule has 6 nitrogen and oxygen atoms in total. The van der Waals surface area contributed by atoms with E-state index in [2.05, 4.69) is 9.97 Å². The van der Waals surface area contributed by atoms with Gasteiger partial charge in [-0.15, -0.1) is 0 Å². The van der Waals surface area contributed by atoms with E-state index in [0.717, 1.165) is 5.56 Å². The first kappa shape index (κ1) is 17.8. The Morgan fingerprint density at radius 3 is 2.62 bits per heavy atom. The second-order valence-corrected chi connectivity index (χ2v) is 5.84. The number of hydrogen-bond donors (Lipinski definition) is 1. The zero-order chi connectivity index (χ0) is 18.5. The summed E-state index contributed by atoms with van der Waals surface area (Å²) < 4.78 is 18.0. The van der Waals surface area contributed by atoms with Crippen LogP contribution in [0, 0.1) is 5.82 Å². The Hall–Kier alpha value is -3.06. The van der Waals surface area contributed by atoms with Crippen LogP contribution in [0.3, 0.4) is 0 Å². The first-order valence-electron chi connectivity index (χ1n) is 8.06. The quantitative estimate of drug-likeness (QED) is 0.736. The van der Waals surface area contributed by atoms with Gasteiger partial charge in [0, 0.05) is 13.7 Å². The van der Waals surface area contributed by atoms with Gasteiger partial charge in [0.15, 0.2) is 0 Å². The number of ether oxygens (including phenoxy) is 1. The molecule has 134 valence electrons. The topological polar surface area (TPSA) is 75.3 Å². The zero-order valence-corrected chi connectivity index (χ0v) is 14.2. The van der Waals surface area contributed by atoms with Crippen LogP contribution in [0.5, 0.6) is 0 Å². The third-order valence-corrected chi connectivity index (χ3v) is 3.91. The molecule has 0 bridgehead atoms. The minimum Gasteiger partial charge on any atom is -0.375 e. The second kappa shape index (κ2) is 7.88. The lowest BCUT2D eigenvalue weighted by Gasteiger charge is -2.22. The summed E-state index contributed by atoms with van der Waals surface area (Å²) in [4.78, 5) is 33.2. The summed E-state index contributed by atoms with van der Waals surface area (Å²) in [6, 6.07) is 12.9. The minimum absolute atomic E-state index is 0.0982. The Bertz CT molecular complexity index is 970. The summed E-state index contributed by atoms with van der Waals surface area (Å²) in [6.07, 6.45) is 0. The van der Waals surface area contributed by atoms with E-state index in [9.17, 15) is 14.0 Å². The van der Waals surface area contributed by atoms with Gasteiger partial charge in [-0.1, -0.05) is 24.3 Å². The Labute approximate surface area is 149 Å². The molecule has 7 heteroatoms. The SMILES string of the molecule is COCC(=O)N(Cc1ccc(F)cc1)Cc1nc2ccccc2c(=O)[nH]1. The van der Waals surface area contributed by atoms with Crippen LogP contribution in [0.25, 0.3) is 10.9 Å². The van der Waals surface area contributed by atoms with E-state index in [0.29, 0.717) is 16.7 Å². The van der Waals surface area contributed by atoms with Gasteiger partial charge in [0.1, 0.15) is 18.2 Å². The van der Waals surface area contributed by atoms with Crippen LogP contribution < -0.4 is 5.56 Å². The van der Waals surface area contributed by atoms with Gasteiger partial charge in [-0.25, -0.2) is 9.37 Å². The number of amides is 1. The molecule has 0 saturated carbocycles. The average Bonchev–Trinajstić information content (AvgIpc) is 2.63. The van der Waals surface area contributed by atoms with Crippen LogP contribution in [0.4, 0.5) is 4.39 Å². The van der Waals surface area contributed by atoms with Gasteiger partial charge < -0.3 is 14.6 Å². The lowest BCUT2D eigenvalue weighted by Crippen LogP contribution is -2.34. The largest absolute Gasteiger partial charge is 0.375 e. The molecule has 26 heavy (non-hydrogen) atoms. The van der Waals surface area contributed by atoms with Crippen molar-refractivity contribution < 1.29 is 13.9 Å². The maximum absolute atomic E-state index is 13.1. The summed E-state index contributed by atoms with van der Waals surface area (Å²) in [5.74, 6) is -0.225. The molecule has 0 unspecified atom stereocenters. The number of benzene rings is 2. The highest BCUT2D eigenvalue weighted by Gasteiger charge is 2.16. The molecule has 3 aromatic rings. The molecule has 1 aromatic heterocycles. The van der Waals surface area contributed by atoms with Crippen molar-refractivity contribution in [3.63, 3.8) is 0 Å². The number of carbonyl (C=O) groups is 1. The maximum atomic E-state index is 13.1. The number of aromatic amines is 1. The van der Waals surface area contributed by atoms with Gasteiger partial charge >= 0.3 is 0 Å². The van der Waals surface area contributed by atoms with E-state index in [1.165, 1.54) is 24.1 Å². The number of hydrogen-bond acceptors (Lipinski definition) is 4. The number of methoxy groups -OCH3 is 1. The number of fused-ring (bicyclic) bond motifs is 1. The number of nitrogens with zero attached hydrogens (tertiary/aromatic N) is 2. The Kier molecular flexibility index (Phi) is 5.38. The third-order valence-electron chi connectivity index (χ3n) is 3.91. The molecule has 0 aliphatic rings. The molecule has 0 aliphatic heterocycles. The van der Waals surface area contributed by atoms with Gasteiger partial charge in [-0.2, -0.15) is 0 Å². The first-order valence-corrected chi connectivity index (χ1v) is 8.06. The smallest absolute Gasteiger partial charge is 0.258 e. The third kappa shape index (κ3) is 4.12. The molecule has 1 N–H and O–H groups in total. The number of para-hydroxylation sites is 1. The van der Waals surface area contributed by atoms with Crippen molar-refractivity contribution in [1.82, 2.24) is 14.9 Å². The van der Waals surface area contributed by atoms with E-state index in [4.69, 9.17) is 4.74 Å². The second-order valence-electron chi connectivity index (χ2n) is 5.84. The standard InChI is InChI=1S/C19H18FN3O3/c1-26-12-18(24)23(10-13-6-8-14(20)9-7-13)11-17-21-16-5-3-2-4-15(16)19(25)22-17/h2-9H,10-12H2,1H3,(H,21,22,25). The van der Waals surface area contributed by atoms with Gasteiger partial charge in [0.2, 0.25) is 5.91 Å². The Morgan fingerprint density at radius 2 is 1.88 bits per heavy atom. The van der Waals surface area contributed by atoms with E-state index < -0.39 is 0 Å². The fourth-order valence-electron chi connectivity index (χ4n) is 2.65. The molecular formula is C19H18FN3O3. The number of nitrogens with one attached hydrogen (secondary N) is 1. The van der Waals surface area contributed by atoms with Crippen LogP contribution in [-0.4, -0.2) is 34.5 Å². The number of halogens is 1. The molecule has 1 heterocycles. The predicted molar refractivity (Wildman–Crippen MR) is 94.9 cm³/mol. The zero-order valence-electron chi connectivity index (χ0n) is 14.2. The predicted octanol–water partition coefficient (Wildman–Crippen LogP) is 2.24. The monoisotopic (exact) mass is 355 g/mol. The molecular weight excluding hydrogens is 337 g/mol. The van der Waals surface area contributed by atoms with Crippen LogP contribution in [0.1, 0.15) is 11.4 Å². The number of H-pyrrole nitrogens is 1. The van der Waals surface area contributed by atoms with Crippen molar-refractivity contribution in [2.24, 2.45) is 0 Å². The minimum atomic E-state index is -0.343. The van der Waals surface area contributed by atoms with Crippen molar-refractivity contribution in [1.29, 1.82) is 0 Å². The van der Waals surface area contributed by atoms with E-state index in [1.54, 1.807) is 36.4 Å². The van der Waals surface area contributed by atoms with Crippen LogP contribution in [0.2, 0.25) is 0 Å². The molecule has 3 rings (SSSR count). The lowest BCUT2D eigenvalue weighted by molar-refractivity contribution is -0.136. The average molecular weight is 355 g/mol. The highest BCUT2D eigenvalue weighted by Crippen LogP contribution is 2.11. The molecule has 0 radical (unpaired) electrons. The van der Waals surface area contributed by atoms with Crippen molar-refractivity contribution in [3.05, 3.63) is 76.1 Å². The van der Waals surface area contributed by atoms with Gasteiger partial charge in [0.25, 0.3) is 5.56 Å². The van der Waals surface area contributed by atoms with Crippen LogP contribution in [-0.2, 0) is 22.6 Å². The van der Waals surface area contributed by atoms with Crippen LogP contribution >= 0.6 is 0 Å². The van der Waals surface area contributed by atoms with Gasteiger partial charge in [0.05, 0.1) is 17.4 Å². The van der Waals surface area contributed by atoms with Crippen LogP contribution in [0.15, 0.2) is 53.3 Å². The fraction of sp³-hybridized carbons (Fsp3) is 0.211. The maximum Gasteiger partial charge on any atom is 0.258 e. The fourth-order valence-corrected chi connectivity index (χ4v) is 2.65. The molecule has 0 saturated heterocycles. The van der Waals surface area contributed by atoms with E-state index in [1.807, 2.05) is 0 Å². The molecule has 0 aliphatic carbocycles. The summed E-state index contributed by atoms with van der Waals surface area (Å²) in [6.45, 7) is 0.262. The van der Waals surface area contributed by atoms with E-state index >= 15 is 0 Å². The number of carbonyl (C=O) groups excluding carboxylic acids is 1. The molecule has 0 fully saturated rings. The normalized spacial score (nSPS) is 10.8. The summed E-state index contributed by atoms with van der Waals surface area (Å²) in [5.41, 5.74) is 1.07. The summed E-state index contributed by atoms with van der Waals surface area (Å²) >= 11 is 0. The van der Waals surface area contributed by atoms with Crippen molar-refractivity contribution in [3.8, 4) is 0 Å². The number of aromatic nitrogens is 2. The van der Waals surface area contributed by atoms with Gasteiger partial charge in [-0.3, -0.25) is 9.59 Å². The molecule has 2 aromatic carbocycles. The van der Waals surface area contributed by atoms with Crippen molar-refractivity contribution in [2.45, 2.75) is 13.1 Å². The molecule has 0 spiro atoms. The highest BCUT2D eigenvalue weighted by atomic mass is 19.1.